The Hall–Kier alpha value is -1.55. The number of amides is 1. The standard InChI is InChI=1S/C16H24N2O2/c1-12(19)17-14-11-13(16(2,3)4)5-6-15(14)18-7-9-20-10-8-18/h5-6,11H,7-10H2,1-4H3,(H,17,19). The highest BCUT2D eigenvalue weighted by Gasteiger charge is 2.19. The smallest absolute Gasteiger partial charge is 0.221 e. The van der Waals surface area contributed by atoms with Gasteiger partial charge in [0.15, 0.2) is 0 Å². The topological polar surface area (TPSA) is 41.6 Å². The van der Waals surface area contributed by atoms with Crippen LogP contribution in [0.4, 0.5) is 11.4 Å². The molecule has 4 nitrogen and oxygen atoms in total. The lowest BCUT2D eigenvalue weighted by atomic mass is 9.86. The Kier molecular flexibility index (Phi) is 4.33. The minimum atomic E-state index is -0.0365. The number of hydrogen-bond donors (Lipinski definition) is 1. The van der Waals surface area contributed by atoms with Gasteiger partial charge in [-0.2, -0.15) is 0 Å². The van der Waals surface area contributed by atoms with Crippen LogP contribution in [0.25, 0.3) is 0 Å². The Labute approximate surface area is 121 Å². The van der Waals surface area contributed by atoms with Gasteiger partial charge in [0.2, 0.25) is 5.91 Å². The van der Waals surface area contributed by atoms with Crippen LogP contribution in [0.3, 0.4) is 0 Å². The van der Waals surface area contributed by atoms with E-state index in [1.807, 2.05) is 0 Å². The summed E-state index contributed by atoms with van der Waals surface area (Å²) in [5.74, 6) is -0.0365. The van der Waals surface area contributed by atoms with Crippen molar-refractivity contribution in [3.63, 3.8) is 0 Å². The summed E-state index contributed by atoms with van der Waals surface area (Å²) in [5.41, 5.74) is 3.26. The number of carbonyl (C=O) groups excluding carboxylic acids is 1. The van der Waals surface area contributed by atoms with Crippen molar-refractivity contribution in [2.75, 3.05) is 36.5 Å². The third kappa shape index (κ3) is 3.51. The molecule has 2 rings (SSSR count). The predicted molar refractivity (Wildman–Crippen MR) is 82.5 cm³/mol. The van der Waals surface area contributed by atoms with Crippen molar-refractivity contribution >= 4 is 17.3 Å². The molecule has 1 aromatic rings. The number of morpholine rings is 1. The molecule has 0 bridgehead atoms. The molecular formula is C16H24N2O2. The van der Waals surface area contributed by atoms with E-state index in [4.69, 9.17) is 4.74 Å². The number of anilines is 2. The van der Waals surface area contributed by atoms with Crippen molar-refractivity contribution in [3.05, 3.63) is 23.8 Å². The minimum Gasteiger partial charge on any atom is -0.378 e. The molecule has 1 amide bonds. The molecule has 0 atom stereocenters. The van der Waals surface area contributed by atoms with Crippen LogP contribution >= 0.6 is 0 Å². The van der Waals surface area contributed by atoms with Gasteiger partial charge in [-0.25, -0.2) is 0 Å². The SMILES string of the molecule is CC(=O)Nc1cc(C(C)(C)C)ccc1N1CCOCC1. The molecule has 0 unspecified atom stereocenters. The molecule has 1 heterocycles. The van der Waals surface area contributed by atoms with Gasteiger partial charge in [0.1, 0.15) is 0 Å². The second kappa shape index (κ2) is 5.83. The molecule has 1 aliphatic rings. The monoisotopic (exact) mass is 276 g/mol. The first-order valence-corrected chi connectivity index (χ1v) is 7.13. The van der Waals surface area contributed by atoms with Crippen molar-refractivity contribution in [3.8, 4) is 0 Å². The van der Waals surface area contributed by atoms with Gasteiger partial charge < -0.3 is 15.0 Å². The number of nitrogens with zero attached hydrogens (tertiary/aromatic N) is 1. The summed E-state index contributed by atoms with van der Waals surface area (Å²) in [4.78, 5) is 13.7. The Morgan fingerprint density at radius 2 is 1.90 bits per heavy atom. The highest BCUT2D eigenvalue weighted by atomic mass is 16.5. The zero-order chi connectivity index (χ0) is 14.8. The first kappa shape index (κ1) is 14.9. The van der Waals surface area contributed by atoms with Crippen LogP contribution in [0.1, 0.15) is 33.3 Å². The predicted octanol–water partition coefficient (Wildman–Crippen LogP) is 2.78. The van der Waals surface area contributed by atoms with Crippen LogP contribution in [0, 0.1) is 0 Å². The van der Waals surface area contributed by atoms with E-state index in [0.717, 1.165) is 37.7 Å². The minimum absolute atomic E-state index is 0.0365. The van der Waals surface area contributed by atoms with Crippen molar-refractivity contribution in [1.82, 2.24) is 0 Å². The van der Waals surface area contributed by atoms with Gasteiger partial charge in [-0.15, -0.1) is 0 Å². The molecule has 1 fully saturated rings. The van der Waals surface area contributed by atoms with Gasteiger partial charge in [0.05, 0.1) is 24.6 Å². The lowest BCUT2D eigenvalue weighted by Gasteiger charge is -2.31. The average Bonchev–Trinajstić information content (AvgIpc) is 2.38. The summed E-state index contributed by atoms with van der Waals surface area (Å²) in [6.07, 6.45) is 0. The fourth-order valence-electron chi connectivity index (χ4n) is 2.37. The van der Waals surface area contributed by atoms with E-state index >= 15 is 0 Å². The molecule has 20 heavy (non-hydrogen) atoms. The number of rotatable bonds is 2. The van der Waals surface area contributed by atoms with Gasteiger partial charge in [-0.1, -0.05) is 26.8 Å². The molecule has 1 aliphatic heterocycles. The molecule has 1 N–H and O–H groups in total. The molecule has 4 heteroatoms. The van der Waals surface area contributed by atoms with E-state index in [-0.39, 0.29) is 11.3 Å². The molecule has 0 aliphatic carbocycles. The van der Waals surface area contributed by atoms with Crippen molar-refractivity contribution in [2.45, 2.75) is 33.1 Å². The van der Waals surface area contributed by atoms with Crippen molar-refractivity contribution < 1.29 is 9.53 Å². The molecule has 1 saturated heterocycles. The first-order valence-electron chi connectivity index (χ1n) is 7.13. The molecule has 0 spiro atoms. The maximum atomic E-state index is 11.5. The Balaban J connectivity index is 2.36. The van der Waals surface area contributed by atoms with Gasteiger partial charge >= 0.3 is 0 Å². The van der Waals surface area contributed by atoms with Crippen molar-refractivity contribution in [2.24, 2.45) is 0 Å². The lowest BCUT2D eigenvalue weighted by Crippen LogP contribution is -2.36. The molecule has 1 aromatic carbocycles. The third-order valence-corrected chi connectivity index (χ3v) is 3.53. The molecular weight excluding hydrogens is 252 g/mol. The van der Waals surface area contributed by atoms with E-state index in [2.05, 4.69) is 49.2 Å². The number of ether oxygens (including phenoxy) is 1. The van der Waals surface area contributed by atoms with Crippen LogP contribution in [-0.4, -0.2) is 32.2 Å². The van der Waals surface area contributed by atoms with Crippen LogP contribution in [-0.2, 0) is 14.9 Å². The molecule has 0 radical (unpaired) electrons. The summed E-state index contributed by atoms with van der Waals surface area (Å²) >= 11 is 0. The van der Waals surface area contributed by atoms with Crippen LogP contribution in [0.5, 0.6) is 0 Å². The highest BCUT2D eigenvalue weighted by molar-refractivity contribution is 5.93. The normalized spacial score (nSPS) is 16.1. The summed E-state index contributed by atoms with van der Waals surface area (Å²) in [6, 6.07) is 6.35. The maximum Gasteiger partial charge on any atom is 0.221 e. The Morgan fingerprint density at radius 3 is 2.45 bits per heavy atom. The Bertz CT molecular complexity index is 486. The Morgan fingerprint density at radius 1 is 1.25 bits per heavy atom. The number of hydrogen-bond acceptors (Lipinski definition) is 3. The van der Waals surface area contributed by atoms with Gasteiger partial charge in [0.25, 0.3) is 0 Å². The first-order chi connectivity index (χ1) is 9.38. The zero-order valence-corrected chi connectivity index (χ0v) is 12.8. The fourth-order valence-corrected chi connectivity index (χ4v) is 2.37. The maximum absolute atomic E-state index is 11.5. The van der Waals surface area contributed by atoms with Gasteiger partial charge in [0, 0.05) is 20.0 Å². The number of carbonyl (C=O) groups is 1. The quantitative estimate of drug-likeness (QED) is 0.903. The summed E-state index contributed by atoms with van der Waals surface area (Å²) in [7, 11) is 0. The second-order valence-electron chi connectivity index (χ2n) is 6.26. The van der Waals surface area contributed by atoms with Crippen LogP contribution < -0.4 is 10.2 Å². The zero-order valence-electron chi connectivity index (χ0n) is 12.8. The fraction of sp³-hybridized carbons (Fsp3) is 0.562. The van der Waals surface area contributed by atoms with Gasteiger partial charge in [-0.05, 0) is 23.1 Å². The number of nitrogens with one attached hydrogen (secondary N) is 1. The van der Waals surface area contributed by atoms with E-state index in [0.29, 0.717) is 0 Å². The largest absolute Gasteiger partial charge is 0.378 e. The van der Waals surface area contributed by atoms with E-state index < -0.39 is 0 Å². The summed E-state index contributed by atoms with van der Waals surface area (Å²) in [6.45, 7) is 11.3. The average molecular weight is 276 g/mol. The van der Waals surface area contributed by atoms with E-state index in [9.17, 15) is 4.79 Å². The second-order valence-corrected chi connectivity index (χ2v) is 6.26. The summed E-state index contributed by atoms with van der Waals surface area (Å²) in [5, 5.41) is 2.96. The molecule has 0 saturated carbocycles. The van der Waals surface area contributed by atoms with Crippen molar-refractivity contribution in [1.29, 1.82) is 0 Å². The van der Waals surface area contributed by atoms with Gasteiger partial charge in [-0.3, -0.25) is 4.79 Å². The highest BCUT2D eigenvalue weighted by Crippen LogP contribution is 2.32. The van der Waals surface area contributed by atoms with E-state index in [1.54, 1.807) is 6.92 Å². The third-order valence-electron chi connectivity index (χ3n) is 3.53. The van der Waals surface area contributed by atoms with E-state index in [1.165, 1.54) is 5.56 Å². The number of benzene rings is 1. The molecule has 0 aromatic heterocycles. The van der Waals surface area contributed by atoms with Crippen LogP contribution in [0.15, 0.2) is 18.2 Å². The van der Waals surface area contributed by atoms with Crippen LogP contribution in [0.2, 0.25) is 0 Å². The molecule has 110 valence electrons. The lowest BCUT2D eigenvalue weighted by molar-refractivity contribution is -0.114. The summed E-state index contributed by atoms with van der Waals surface area (Å²) < 4.78 is 5.39.